The highest BCUT2D eigenvalue weighted by Gasteiger charge is 1.84. The highest BCUT2D eigenvalue weighted by molar-refractivity contribution is 4.71. The average Bonchev–Trinajstić information content (AvgIpc) is 1.65. The normalized spacial score (nSPS) is 13.7. The zero-order valence-corrected chi connectivity index (χ0v) is 4.15. The van der Waals surface area contributed by atoms with Crippen LogP contribution in [0.25, 0.3) is 0 Å². The fourth-order valence-electron chi connectivity index (χ4n) is 0.0962. The van der Waals surface area contributed by atoms with E-state index in [2.05, 4.69) is 6.92 Å². The van der Waals surface area contributed by atoms with Crippen molar-refractivity contribution in [2.45, 2.75) is 13.3 Å². The van der Waals surface area contributed by atoms with Gasteiger partial charge in [0.2, 0.25) is 0 Å². The van der Waals surface area contributed by atoms with E-state index in [1.807, 2.05) is 6.92 Å². The highest BCUT2D eigenvalue weighted by Crippen LogP contribution is 1.97. The molecule has 0 heterocycles. The van der Waals surface area contributed by atoms with E-state index in [-0.39, 0.29) is 0 Å². The second kappa shape index (κ2) is 2.95. The molecule has 2 radical (unpaired) electrons. The first kappa shape index (κ1) is 5.74. The minimum Gasteiger partial charge on any atom is -0.0817 e. The molecular weight excluding hydrogens is 72.1 g/mol. The van der Waals surface area contributed by atoms with Crippen LogP contribution >= 0.6 is 0 Å². The summed E-state index contributed by atoms with van der Waals surface area (Å²) in [5.74, 6) is 0.477. The van der Waals surface area contributed by atoms with Crippen molar-refractivity contribution in [3.63, 3.8) is 0 Å². The Morgan fingerprint density at radius 3 is 2.50 bits per heavy atom. The van der Waals surface area contributed by atoms with Gasteiger partial charge in [-0.25, -0.2) is 0 Å². The maximum Gasteiger partial charge on any atom is -0.0259 e. The van der Waals surface area contributed by atoms with Crippen LogP contribution in [0.2, 0.25) is 0 Å². The fourth-order valence-corrected chi connectivity index (χ4v) is 0.0962. The molecule has 0 aliphatic heterocycles. The van der Waals surface area contributed by atoms with E-state index in [4.69, 9.17) is 6.58 Å². The van der Waals surface area contributed by atoms with Crippen molar-refractivity contribution in [1.29, 1.82) is 0 Å². The first-order valence-electron chi connectivity index (χ1n) is 2.15. The standard InChI is InChI=1S/C6H10/c1-4-6(3)5-2/h1,4,6H,2,5H2,3H3. The predicted molar refractivity (Wildman–Crippen MR) is 28.0 cm³/mol. The molecule has 0 heteroatoms. The molecule has 1 atom stereocenters. The van der Waals surface area contributed by atoms with Crippen LogP contribution < -0.4 is 0 Å². The summed E-state index contributed by atoms with van der Waals surface area (Å²) in [4.78, 5) is 0. The van der Waals surface area contributed by atoms with Crippen LogP contribution in [0.5, 0.6) is 0 Å². The van der Waals surface area contributed by atoms with E-state index in [0.29, 0.717) is 5.92 Å². The molecule has 0 saturated heterocycles. The SMILES string of the molecule is [CH]=CC(C)C[CH2]. The molecule has 0 amide bonds. The van der Waals surface area contributed by atoms with Crippen molar-refractivity contribution in [2.75, 3.05) is 0 Å². The third-order valence-electron chi connectivity index (χ3n) is 0.784. The van der Waals surface area contributed by atoms with Gasteiger partial charge in [0.05, 0.1) is 0 Å². The van der Waals surface area contributed by atoms with Gasteiger partial charge in [-0.3, -0.25) is 0 Å². The van der Waals surface area contributed by atoms with E-state index in [9.17, 15) is 0 Å². The minimum absolute atomic E-state index is 0.477. The van der Waals surface area contributed by atoms with Crippen LogP contribution in [0.1, 0.15) is 13.3 Å². The quantitative estimate of drug-likeness (QED) is 0.476. The summed E-state index contributed by atoms with van der Waals surface area (Å²) >= 11 is 0. The lowest BCUT2D eigenvalue weighted by atomic mass is 10.1. The summed E-state index contributed by atoms with van der Waals surface area (Å²) < 4.78 is 0. The lowest BCUT2D eigenvalue weighted by molar-refractivity contribution is 0.743. The lowest BCUT2D eigenvalue weighted by Crippen LogP contribution is -1.81. The van der Waals surface area contributed by atoms with E-state index < -0.39 is 0 Å². The largest absolute Gasteiger partial charge is 0.0817 e. The predicted octanol–water partition coefficient (Wildman–Crippen LogP) is 1.84. The first-order chi connectivity index (χ1) is 2.81. The maximum absolute atomic E-state index is 5.12. The molecule has 6 heavy (non-hydrogen) atoms. The molecule has 0 aliphatic carbocycles. The fraction of sp³-hybridized carbons (Fsp3) is 0.500. The molecule has 0 aromatic rings. The van der Waals surface area contributed by atoms with Crippen LogP contribution in [0.4, 0.5) is 0 Å². The van der Waals surface area contributed by atoms with Crippen molar-refractivity contribution >= 4 is 0 Å². The van der Waals surface area contributed by atoms with Gasteiger partial charge in [-0.2, -0.15) is 0 Å². The molecule has 34 valence electrons. The highest BCUT2D eigenvalue weighted by atomic mass is 13.9. The molecule has 0 N–H and O–H groups in total. The van der Waals surface area contributed by atoms with Crippen LogP contribution in [0, 0.1) is 19.4 Å². The van der Waals surface area contributed by atoms with Crippen molar-refractivity contribution in [3.05, 3.63) is 19.6 Å². The Labute approximate surface area is 39.9 Å². The van der Waals surface area contributed by atoms with Gasteiger partial charge in [0.1, 0.15) is 0 Å². The lowest BCUT2D eigenvalue weighted by Gasteiger charge is -1.93. The number of rotatable bonds is 2. The monoisotopic (exact) mass is 82.1 g/mol. The summed E-state index contributed by atoms with van der Waals surface area (Å²) in [6.07, 6.45) is 2.56. The molecule has 0 spiro atoms. The van der Waals surface area contributed by atoms with Crippen LogP contribution in [0.3, 0.4) is 0 Å². The Kier molecular flexibility index (Phi) is 2.82. The van der Waals surface area contributed by atoms with E-state index in [1.165, 1.54) is 0 Å². The Bertz CT molecular complexity index is 37.3. The molecular formula is C6H10. The van der Waals surface area contributed by atoms with Crippen LogP contribution in [0.15, 0.2) is 6.08 Å². The topological polar surface area (TPSA) is 0 Å². The van der Waals surface area contributed by atoms with Gasteiger partial charge in [-0.15, -0.1) is 0 Å². The van der Waals surface area contributed by atoms with Gasteiger partial charge in [-0.1, -0.05) is 26.5 Å². The number of hydrogen-bond acceptors (Lipinski definition) is 0. The molecule has 0 bridgehead atoms. The number of allylic oxidation sites excluding steroid dienone is 1. The van der Waals surface area contributed by atoms with Crippen molar-refractivity contribution in [3.8, 4) is 0 Å². The van der Waals surface area contributed by atoms with Gasteiger partial charge in [0.25, 0.3) is 0 Å². The molecule has 0 aromatic heterocycles. The summed E-state index contributed by atoms with van der Waals surface area (Å²) in [7, 11) is 0. The van der Waals surface area contributed by atoms with Crippen molar-refractivity contribution in [1.82, 2.24) is 0 Å². The zero-order valence-electron chi connectivity index (χ0n) is 4.15. The average molecular weight is 82.1 g/mol. The number of hydrogen-bond donors (Lipinski definition) is 0. The molecule has 1 unspecified atom stereocenters. The molecule has 0 nitrogen and oxygen atoms in total. The third-order valence-corrected chi connectivity index (χ3v) is 0.784. The van der Waals surface area contributed by atoms with Gasteiger partial charge in [0, 0.05) is 0 Å². The van der Waals surface area contributed by atoms with Crippen LogP contribution in [-0.4, -0.2) is 0 Å². The summed E-state index contributed by atoms with van der Waals surface area (Å²) in [5, 5.41) is 0. The molecule has 0 aromatic carbocycles. The third kappa shape index (κ3) is 2.01. The second-order valence-electron chi connectivity index (χ2n) is 1.46. The molecule has 0 fully saturated rings. The van der Waals surface area contributed by atoms with Crippen LogP contribution in [-0.2, 0) is 0 Å². The molecule has 0 saturated carbocycles. The van der Waals surface area contributed by atoms with Gasteiger partial charge in [0.15, 0.2) is 0 Å². The zero-order chi connectivity index (χ0) is 4.99. The summed E-state index contributed by atoms with van der Waals surface area (Å²) in [5.41, 5.74) is 0. The van der Waals surface area contributed by atoms with Gasteiger partial charge >= 0.3 is 0 Å². The minimum atomic E-state index is 0.477. The Morgan fingerprint density at radius 2 is 2.50 bits per heavy atom. The summed E-state index contributed by atoms with van der Waals surface area (Å²) in [6.45, 7) is 10.8. The van der Waals surface area contributed by atoms with E-state index in [0.717, 1.165) is 6.42 Å². The van der Waals surface area contributed by atoms with Gasteiger partial charge in [-0.05, 0) is 12.3 Å². The Hall–Kier alpha value is -0.260. The Balaban J connectivity index is 2.96. The maximum atomic E-state index is 5.12. The van der Waals surface area contributed by atoms with Crippen molar-refractivity contribution < 1.29 is 0 Å². The smallest absolute Gasteiger partial charge is 0.0259 e. The molecule has 0 rings (SSSR count). The second-order valence-corrected chi connectivity index (χ2v) is 1.46. The summed E-state index contributed by atoms with van der Waals surface area (Å²) in [6, 6.07) is 0. The Morgan fingerprint density at radius 1 is 2.00 bits per heavy atom. The first-order valence-corrected chi connectivity index (χ1v) is 2.15. The van der Waals surface area contributed by atoms with E-state index in [1.54, 1.807) is 6.08 Å². The van der Waals surface area contributed by atoms with E-state index >= 15 is 0 Å². The van der Waals surface area contributed by atoms with Crippen molar-refractivity contribution in [2.24, 2.45) is 5.92 Å². The van der Waals surface area contributed by atoms with Gasteiger partial charge < -0.3 is 0 Å². The molecule has 0 aliphatic rings.